The third-order valence-corrected chi connectivity index (χ3v) is 6.22. The van der Waals surface area contributed by atoms with E-state index in [2.05, 4.69) is 100 Å². The number of fused-ring (bicyclic) bond motifs is 2. The molecule has 1 N–H and O–H groups in total. The largest absolute Gasteiger partial charge is 0.459 e. The first-order chi connectivity index (χ1) is 14.9. The van der Waals surface area contributed by atoms with Gasteiger partial charge in [0.15, 0.2) is 5.58 Å². The van der Waals surface area contributed by atoms with Crippen LogP contribution >= 0.6 is 0 Å². The Kier molecular flexibility index (Phi) is 5.49. The lowest BCUT2D eigenvalue weighted by molar-refractivity contribution is 0.578. The molecule has 3 aromatic rings. The second-order valence-corrected chi connectivity index (χ2v) is 8.61. The molecule has 1 aromatic heterocycles. The number of anilines is 2. The third kappa shape index (κ3) is 3.46. The van der Waals surface area contributed by atoms with E-state index in [-0.39, 0.29) is 5.41 Å². The zero-order valence-electron chi connectivity index (χ0n) is 19.2. The van der Waals surface area contributed by atoms with Gasteiger partial charge in [0.2, 0.25) is 0 Å². The molecular formula is C29H31NO. The Hall–Kier alpha value is -3.26. The molecule has 0 spiro atoms. The van der Waals surface area contributed by atoms with Crippen LogP contribution in [0.4, 0.5) is 11.4 Å². The van der Waals surface area contributed by atoms with Crippen LogP contribution in [0.3, 0.4) is 0 Å². The highest BCUT2D eigenvalue weighted by atomic mass is 16.3. The molecule has 0 radical (unpaired) electrons. The van der Waals surface area contributed by atoms with Gasteiger partial charge in [-0.2, -0.15) is 0 Å². The minimum atomic E-state index is -0.0525. The molecule has 158 valence electrons. The SMILES string of the molecule is C=CC1=C(/C=C\C)c2cc(Nc3cccc4c(/C=C\CC)c(C)oc34)ccc2C1(C)C. The fourth-order valence-corrected chi connectivity index (χ4v) is 4.68. The average molecular weight is 410 g/mol. The predicted octanol–water partition coefficient (Wildman–Crippen LogP) is 8.71. The molecule has 0 atom stereocenters. The van der Waals surface area contributed by atoms with Crippen LogP contribution in [-0.4, -0.2) is 0 Å². The van der Waals surface area contributed by atoms with Crippen LogP contribution in [0.1, 0.15) is 56.6 Å². The lowest BCUT2D eigenvalue weighted by Crippen LogP contribution is -2.15. The maximum absolute atomic E-state index is 6.17. The van der Waals surface area contributed by atoms with Gasteiger partial charge in [-0.15, -0.1) is 0 Å². The number of aryl methyl sites for hydroxylation is 1. The summed E-state index contributed by atoms with van der Waals surface area (Å²) in [6.45, 7) is 14.9. The predicted molar refractivity (Wildman–Crippen MR) is 135 cm³/mol. The molecule has 1 aliphatic carbocycles. The van der Waals surface area contributed by atoms with Crippen molar-refractivity contribution >= 4 is 34.0 Å². The summed E-state index contributed by atoms with van der Waals surface area (Å²) in [6, 6.07) is 12.9. The van der Waals surface area contributed by atoms with E-state index in [0.717, 1.165) is 40.1 Å². The normalized spacial score (nSPS) is 15.4. The lowest BCUT2D eigenvalue weighted by Gasteiger charge is -2.22. The summed E-state index contributed by atoms with van der Waals surface area (Å²) in [7, 11) is 0. The number of benzene rings is 2. The van der Waals surface area contributed by atoms with Crippen LogP contribution in [0.5, 0.6) is 0 Å². The van der Waals surface area contributed by atoms with E-state index in [1.165, 1.54) is 22.3 Å². The fraction of sp³-hybridized carbons (Fsp3) is 0.241. The highest BCUT2D eigenvalue weighted by Crippen LogP contribution is 2.48. The number of furan rings is 1. The summed E-state index contributed by atoms with van der Waals surface area (Å²) in [4.78, 5) is 0. The van der Waals surface area contributed by atoms with E-state index in [9.17, 15) is 0 Å². The summed E-state index contributed by atoms with van der Waals surface area (Å²) < 4.78 is 6.17. The van der Waals surface area contributed by atoms with Crippen molar-refractivity contribution in [2.24, 2.45) is 0 Å². The van der Waals surface area contributed by atoms with Gasteiger partial charge in [-0.1, -0.05) is 75.9 Å². The first-order valence-corrected chi connectivity index (χ1v) is 11.0. The second kappa shape index (κ2) is 8.11. The van der Waals surface area contributed by atoms with Crippen molar-refractivity contribution in [2.75, 3.05) is 5.32 Å². The van der Waals surface area contributed by atoms with Gasteiger partial charge < -0.3 is 9.73 Å². The van der Waals surface area contributed by atoms with Gasteiger partial charge in [-0.25, -0.2) is 0 Å². The topological polar surface area (TPSA) is 25.2 Å². The van der Waals surface area contributed by atoms with Crippen molar-refractivity contribution in [1.82, 2.24) is 0 Å². The van der Waals surface area contributed by atoms with E-state index in [1.54, 1.807) is 0 Å². The molecule has 1 heterocycles. The van der Waals surface area contributed by atoms with Crippen molar-refractivity contribution in [1.29, 1.82) is 0 Å². The molecule has 2 heteroatoms. The number of hydrogen-bond acceptors (Lipinski definition) is 2. The molecular weight excluding hydrogens is 378 g/mol. The molecule has 1 aliphatic rings. The van der Waals surface area contributed by atoms with Crippen molar-refractivity contribution in [3.63, 3.8) is 0 Å². The number of hydrogen-bond donors (Lipinski definition) is 1. The summed E-state index contributed by atoms with van der Waals surface area (Å²) in [5, 5.41) is 4.74. The molecule has 2 nitrogen and oxygen atoms in total. The van der Waals surface area contributed by atoms with E-state index < -0.39 is 0 Å². The quantitative estimate of drug-likeness (QED) is 0.440. The number of allylic oxidation sites excluding steroid dienone is 6. The molecule has 0 aliphatic heterocycles. The standard InChI is InChI=1S/C29H31NO/c1-7-10-13-21-19(4)31-28-23(21)14-11-15-27(28)30-20-16-17-26-24(18-20)22(12-8-2)25(9-3)29(26,5)6/h8-18,30H,3,7H2,1-2,4-6H3/b12-8-,13-10-. The average Bonchev–Trinajstić information content (AvgIpc) is 3.18. The molecule has 2 aromatic carbocycles. The maximum atomic E-state index is 6.17. The Bertz CT molecular complexity index is 1250. The van der Waals surface area contributed by atoms with Crippen LogP contribution < -0.4 is 5.32 Å². The minimum Gasteiger partial charge on any atom is -0.459 e. The fourth-order valence-electron chi connectivity index (χ4n) is 4.68. The van der Waals surface area contributed by atoms with Crippen molar-refractivity contribution in [3.8, 4) is 0 Å². The highest BCUT2D eigenvalue weighted by molar-refractivity contribution is 5.97. The van der Waals surface area contributed by atoms with Gasteiger partial charge >= 0.3 is 0 Å². The smallest absolute Gasteiger partial charge is 0.158 e. The third-order valence-electron chi connectivity index (χ3n) is 6.22. The molecule has 31 heavy (non-hydrogen) atoms. The Balaban J connectivity index is 1.79. The van der Waals surface area contributed by atoms with Crippen LogP contribution in [0, 0.1) is 6.92 Å². The van der Waals surface area contributed by atoms with Gasteiger partial charge in [-0.3, -0.25) is 0 Å². The maximum Gasteiger partial charge on any atom is 0.158 e. The van der Waals surface area contributed by atoms with E-state index >= 15 is 0 Å². The molecule has 0 saturated heterocycles. The zero-order chi connectivity index (χ0) is 22.2. The van der Waals surface area contributed by atoms with Crippen LogP contribution in [0.2, 0.25) is 0 Å². The first-order valence-electron chi connectivity index (χ1n) is 11.0. The Morgan fingerprint density at radius 1 is 1.13 bits per heavy atom. The number of rotatable bonds is 6. The molecule has 0 amide bonds. The van der Waals surface area contributed by atoms with E-state index in [0.29, 0.717) is 0 Å². The monoisotopic (exact) mass is 409 g/mol. The van der Waals surface area contributed by atoms with Gasteiger partial charge in [0.25, 0.3) is 0 Å². The minimum absolute atomic E-state index is 0.0525. The lowest BCUT2D eigenvalue weighted by atomic mass is 9.81. The molecule has 0 bridgehead atoms. The Labute approximate surface area is 185 Å². The van der Waals surface area contributed by atoms with Crippen molar-refractivity contribution in [3.05, 3.63) is 95.3 Å². The summed E-state index contributed by atoms with van der Waals surface area (Å²) in [5.41, 5.74) is 9.15. The van der Waals surface area contributed by atoms with Crippen LogP contribution in [0.15, 0.2) is 77.3 Å². The summed E-state index contributed by atoms with van der Waals surface area (Å²) >= 11 is 0. The van der Waals surface area contributed by atoms with Gasteiger partial charge in [0, 0.05) is 22.1 Å². The van der Waals surface area contributed by atoms with E-state index in [1.807, 2.05) is 13.0 Å². The highest BCUT2D eigenvalue weighted by Gasteiger charge is 2.35. The zero-order valence-corrected chi connectivity index (χ0v) is 19.2. The summed E-state index contributed by atoms with van der Waals surface area (Å²) in [5.74, 6) is 0.943. The molecule has 0 saturated carbocycles. The Morgan fingerprint density at radius 3 is 2.65 bits per heavy atom. The number of nitrogens with one attached hydrogen (secondary N) is 1. The van der Waals surface area contributed by atoms with Gasteiger partial charge in [0.1, 0.15) is 5.76 Å². The molecule has 0 unspecified atom stereocenters. The molecule has 4 rings (SSSR count). The van der Waals surface area contributed by atoms with Crippen LogP contribution in [0.25, 0.3) is 22.6 Å². The first kappa shape index (κ1) is 21.0. The van der Waals surface area contributed by atoms with Crippen molar-refractivity contribution in [2.45, 2.75) is 46.5 Å². The number of para-hydroxylation sites is 1. The van der Waals surface area contributed by atoms with Crippen LogP contribution in [-0.2, 0) is 5.41 Å². The van der Waals surface area contributed by atoms with Gasteiger partial charge in [0.05, 0.1) is 5.69 Å². The van der Waals surface area contributed by atoms with E-state index in [4.69, 9.17) is 4.42 Å². The summed E-state index contributed by atoms with van der Waals surface area (Å²) in [6.07, 6.45) is 11.6. The molecule has 0 fully saturated rings. The Morgan fingerprint density at radius 2 is 1.94 bits per heavy atom. The second-order valence-electron chi connectivity index (χ2n) is 8.61. The van der Waals surface area contributed by atoms with Gasteiger partial charge in [-0.05, 0) is 60.7 Å². The van der Waals surface area contributed by atoms with Crippen molar-refractivity contribution < 1.29 is 4.42 Å².